The van der Waals surface area contributed by atoms with E-state index in [0.717, 1.165) is 4.47 Å². The summed E-state index contributed by atoms with van der Waals surface area (Å²) < 4.78 is 6.21. The number of carbonyl (C=O) groups is 1. The summed E-state index contributed by atoms with van der Waals surface area (Å²) in [5, 5.41) is 5.67. The third-order valence-corrected chi connectivity index (χ3v) is 2.86. The molecule has 1 rings (SSSR count). The Hall–Kier alpha value is -1.40. The van der Waals surface area contributed by atoms with Crippen LogP contribution in [-0.4, -0.2) is 24.2 Å². The molecular formula is C13H15BrN2O2S. The van der Waals surface area contributed by atoms with E-state index in [1.807, 2.05) is 13.0 Å². The van der Waals surface area contributed by atoms with Gasteiger partial charge in [-0.2, -0.15) is 0 Å². The Labute approximate surface area is 126 Å². The van der Waals surface area contributed by atoms with Crippen molar-refractivity contribution in [1.29, 1.82) is 0 Å². The summed E-state index contributed by atoms with van der Waals surface area (Å²) in [6, 6.07) is 5.25. The third-order valence-electron chi connectivity index (χ3n) is 2.12. The second-order valence-electron chi connectivity index (χ2n) is 3.53. The minimum Gasteiger partial charge on any atom is -0.493 e. The lowest BCUT2D eigenvalue weighted by Crippen LogP contribution is -2.39. The minimum atomic E-state index is -0.314. The Morgan fingerprint density at radius 3 is 2.95 bits per heavy atom. The van der Waals surface area contributed by atoms with Crippen molar-refractivity contribution < 1.29 is 9.53 Å². The molecule has 0 aromatic heterocycles. The van der Waals surface area contributed by atoms with E-state index < -0.39 is 0 Å². The topological polar surface area (TPSA) is 50.4 Å². The minimum absolute atomic E-state index is 0.257. The van der Waals surface area contributed by atoms with Gasteiger partial charge in [0, 0.05) is 11.0 Å². The largest absolute Gasteiger partial charge is 0.493 e. The van der Waals surface area contributed by atoms with E-state index in [1.54, 1.807) is 18.2 Å². The van der Waals surface area contributed by atoms with Crippen LogP contribution in [0.25, 0.3) is 0 Å². The maximum atomic E-state index is 12.1. The van der Waals surface area contributed by atoms with Crippen molar-refractivity contribution in [3.63, 3.8) is 0 Å². The van der Waals surface area contributed by atoms with Gasteiger partial charge in [0.05, 0.1) is 12.2 Å². The first-order valence-corrected chi connectivity index (χ1v) is 6.91. The van der Waals surface area contributed by atoms with Gasteiger partial charge in [0.2, 0.25) is 0 Å². The van der Waals surface area contributed by atoms with E-state index in [0.29, 0.717) is 24.5 Å². The molecule has 1 aromatic carbocycles. The first-order chi connectivity index (χ1) is 9.08. The van der Waals surface area contributed by atoms with Crippen LogP contribution in [0.3, 0.4) is 0 Å². The number of hydrogen-bond acceptors (Lipinski definition) is 3. The Kier molecular flexibility index (Phi) is 6.52. The molecule has 0 fully saturated rings. The van der Waals surface area contributed by atoms with Gasteiger partial charge in [-0.15, -0.1) is 6.58 Å². The number of nitrogens with one attached hydrogen (secondary N) is 2. The number of rotatable bonds is 5. The average Bonchev–Trinajstić information content (AvgIpc) is 2.38. The highest BCUT2D eigenvalue weighted by Gasteiger charge is 2.14. The van der Waals surface area contributed by atoms with Crippen molar-refractivity contribution in [1.82, 2.24) is 10.6 Å². The van der Waals surface area contributed by atoms with Crippen LogP contribution >= 0.6 is 28.1 Å². The molecule has 0 spiro atoms. The van der Waals surface area contributed by atoms with Gasteiger partial charge in [-0.25, -0.2) is 0 Å². The molecule has 0 unspecified atom stereocenters. The number of hydrogen-bond donors (Lipinski definition) is 2. The second kappa shape index (κ2) is 7.91. The molecule has 2 N–H and O–H groups in total. The van der Waals surface area contributed by atoms with Crippen LogP contribution in [0.5, 0.6) is 5.75 Å². The molecule has 4 nitrogen and oxygen atoms in total. The molecule has 0 saturated heterocycles. The smallest absolute Gasteiger partial charge is 0.261 e. The molecule has 102 valence electrons. The fourth-order valence-corrected chi connectivity index (χ4v) is 1.88. The van der Waals surface area contributed by atoms with Gasteiger partial charge in [-0.1, -0.05) is 22.0 Å². The summed E-state index contributed by atoms with van der Waals surface area (Å²) in [4.78, 5) is 12.1. The summed E-state index contributed by atoms with van der Waals surface area (Å²) in [6.07, 6.45) is 1.66. The van der Waals surface area contributed by atoms with Crippen LogP contribution in [0.4, 0.5) is 0 Å². The summed E-state index contributed by atoms with van der Waals surface area (Å²) >= 11 is 8.32. The lowest BCUT2D eigenvalue weighted by atomic mass is 10.2. The summed E-state index contributed by atoms with van der Waals surface area (Å²) in [6.45, 7) is 6.40. The lowest BCUT2D eigenvalue weighted by molar-refractivity contribution is 0.0973. The fourth-order valence-electron chi connectivity index (χ4n) is 1.34. The van der Waals surface area contributed by atoms with E-state index in [9.17, 15) is 4.79 Å². The van der Waals surface area contributed by atoms with Gasteiger partial charge in [-0.05, 0) is 37.3 Å². The van der Waals surface area contributed by atoms with Gasteiger partial charge in [0.15, 0.2) is 5.11 Å². The second-order valence-corrected chi connectivity index (χ2v) is 4.85. The van der Waals surface area contributed by atoms with Gasteiger partial charge in [0.25, 0.3) is 5.91 Å². The molecule has 0 aliphatic rings. The first kappa shape index (κ1) is 15.7. The van der Waals surface area contributed by atoms with Crippen molar-refractivity contribution in [2.24, 2.45) is 0 Å². The van der Waals surface area contributed by atoms with E-state index in [-0.39, 0.29) is 11.0 Å². The summed E-state index contributed by atoms with van der Waals surface area (Å²) in [5.74, 6) is 0.209. The maximum absolute atomic E-state index is 12.1. The Balaban J connectivity index is 2.82. The van der Waals surface area contributed by atoms with Gasteiger partial charge in [-0.3, -0.25) is 10.1 Å². The zero-order valence-electron chi connectivity index (χ0n) is 10.5. The normalized spacial score (nSPS) is 9.58. The molecular weight excluding hydrogens is 328 g/mol. The molecule has 0 saturated carbocycles. The van der Waals surface area contributed by atoms with Gasteiger partial charge >= 0.3 is 0 Å². The van der Waals surface area contributed by atoms with Crippen molar-refractivity contribution in [2.45, 2.75) is 6.92 Å². The Morgan fingerprint density at radius 2 is 2.32 bits per heavy atom. The lowest BCUT2D eigenvalue weighted by Gasteiger charge is -2.12. The van der Waals surface area contributed by atoms with E-state index in [2.05, 4.69) is 33.1 Å². The zero-order valence-corrected chi connectivity index (χ0v) is 12.9. The maximum Gasteiger partial charge on any atom is 0.261 e. The number of thiocarbonyl (C=S) groups is 1. The van der Waals surface area contributed by atoms with Crippen molar-refractivity contribution in [2.75, 3.05) is 13.2 Å². The summed E-state index contributed by atoms with van der Waals surface area (Å²) in [5.41, 5.74) is 0.430. The molecule has 0 aliphatic heterocycles. The number of carbonyl (C=O) groups excluding carboxylic acids is 1. The predicted octanol–water partition coefficient (Wildman–Crippen LogP) is 2.64. The average molecular weight is 343 g/mol. The van der Waals surface area contributed by atoms with Crippen molar-refractivity contribution in [3.05, 3.63) is 40.9 Å². The Morgan fingerprint density at radius 1 is 1.58 bits per heavy atom. The van der Waals surface area contributed by atoms with Gasteiger partial charge < -0.3 is 10.1 Å². The molecule has 1 aromatic rings. The number of benzene rings is 1. The highest BCUT2D eigenvalue weighted by Crippen LogP contribution is 2.23. The van der Waals surface area contributed by atoms with E-state index in [1.165, 1.54) is 0 Å². The molecule has 0 radical (unpaired) electrons. The van der Waals surface area contributed by atoms with Crippen molar-refractivity contribution >= 4 is 39.2 Å². The van der Waals surface area contributed by atoms with Crippen LogP contribution in [0, 0.1) is 0 Å². The molecule has 6 heteroatoms. The highest BCUT2D eigenvalue weighted by molar-refractivity contribution is 9.10. The predicted molar refractivity (Wildman–Crippen MR) is 83.6 cm³/mol. The quantitative estimate of drug-likeness (QED) is 0.638. The van der Waals surface area contributed by atoms with Crippen molar-refractivity contribution in [3.8, 4) is 5.75 Å². The van der Waals surface area contributed by atoms with Crippen LogP contribution in [-0.2, 0) is 0 Å². The van der Waals surface area contributed by atoms with Crippen LogP contribution in [0.2, 0.25) is 0 Å². The summed E-state index contributed by atoms with van der Waals surface area (Å²) in [7, 11) is 0. The standard InChI is InChI=1S/C13H15BrN2O2S/c1-3-7-15-13(19)16-12(17)10-8-9(14)5-6-11(10)18-4-2/h3,5-6,8H,1,4,7H2,2H3,(H2,15,16,17,19). The SMILES string of the molecule is C=CCNC(=S)NC(=O)c1cc(Br)ccc1OCC. The van der Waals surface area contributed by atoms with Crippen LogP contribution < -0.4 is 15.4 Å². The number of amides is 1. The molecule has 0 atom stereocenters. The number of halogens is 1. The van der Waals surface area contributed by atoms with E-state index >= 15 is 0 Å². The van der Waals surface area contributed by atoms with Crippen LogP contribution in [0.1, 0.15) is 17.3 Å². The van der Waals surface area contributed by atoms with Crippen LogP contribution in [0.15, 0.2) is 35.3 Å². The molecule has 0 heterocycles. The highest BCUT2D eigenvalue weighted by atomic mass is 79.9. The molecule has 0 bridgehead atoms. The fraction of sp³-hybridized carbons (Fsp3) is 0.231. The molecule has 0 aliphatic carbocycles. The zero-order chi connectivity index (χ0) is 14.3. The van der Waals surface area contributed by atoms with Gasteiger partial charge in [0.1, 0.15) is 5.75 Å². The first-order valence-electron chi connectivity index (χ1n) is 5.71. The molecule has 19 heavy (non-hydrogen) atoms. The Bertz CT molecular complexity index is 492. The molecule has 1 amide bonds. The third kappa shape index (κ3) is 5.00. The number of ether oxygens (including phenoxy) is 1. The monoisotopic (exact) mass is 342 g/mol. The van der Waals surface area contributed by atoms with E-state index in [4.69, 9.17) is 17.0 Å².